The second kappa shape index (κ2) is 3.15. The molecular weight excluding hydrogens is 176 g/mol. The molecule has 1 aromatic heterocycles. The maximum Gasteiger partial charge on any atom is 0.170 e. The summed E-state index contributed by atoms with van der Waals surface area (Å²) >= 11 is 0. The Morgan fingerprint density at radius 1 is 1.50 bits per heavy atom. The molecule has 3 heteroatoms. The summed E-state index contributed by atoms with van der Waals surface area (Å²) in [5.74, 6) is 0. The van der Waals surface area contributed by atoms with Crippen LogP contribution in [0, 0.1) is 0 Å². The summed E-state index contributed by atoms with van der Waals surface area (Å²) in [7, 11) is 0. The second-order valence-corrected chi connectivity index (χ2v) is 4.45. The van der Waals surface area contributed by atoms with Crippen molar-refractivity contribution in [1.29, 1.82) is 0 Å². The molecule has 0 radical (unpaired) electrons. The average molecular weight is 190 g/mol. The molecule has 0 aliphatic heterocycles. The van der Waals surface area contributed by atoms with E-state index in [2.05, 4.69) is 23.8 Å². The van der Waals surface area contributed by atoms with Gasteiger partial charge in [0, 0.05) is 5.41 Å². The number of hydrogen-bond acceptors (Lipinski definition) is 3. The van der Waals surface area contributed by atoms with Crippen molar-refractivity contribution in [2.45, 2.75) is 38.5 Å². The van der Waals surface area contributed by atoms with Crippen LogP contribution >= 0.6 is 0 Å². The standard InChI is InChI=1S/C11H14N2O/c1-11(2)5-3-4-9-10(11)13-8(7-14)6-12-9/h6-7H,3-5H2,1-2H3. The summed E-state index contributed by atoms with van der Waals surface area (Å²) in [4.78, 5) is 19.2. The fourth-order valence-corrected chi connectivity index (χ4v) is 2.03. The Balaban J connectivity index is 2.54. The van der Waals surface area contributed by atoms with Crippen LogP contribution in [0.15, 0.2) is 6.20 Å². The molecule has 2 rings (SSSR count). The molecule has 0 spiro atoms. The summed E-state index contributed by atoms with van der Waals surface area (Å²) in [5, 5.41) is 0. The zero-order valence-corrected chi connectivity index (χ0v) is 8.58. The van der Waals surface area contributed by atoms with Crippen LogP contribution in [0.1, 0.15) is 48.6 Å². The zero-order chi connectivity index (χ0) is 10.2. The van der Waals surface area contributed by atoms with Crippen LogP contribution in [0.2, 0.25) is 0 Å². The smallest absolute Gasteiger partial charge is 0.170 e. The van der Waals surface area contributed by atoms with Crippen LogP contribution in [-0.4, -0.2) is 16.3 Å². The van der Waals surface area contributed by atoms with Gasteiger partial charge >= 0.3 is 0 Å². The fourth-order valence-electron chi connectivity index (χ4n) is 2.03. The van der Waals surface area contributed by atoms with Crippen molar-refractivity contribution in [1.82, 2.24) is 9.97 Å². The third-order valence-electron chi connectivity index (χ3n) is 2.84. The second-order valence-electron chi connectivity index (χ2n) is 4.45. The van der Waals surface area contributed by atoms with Gasteiger partial charge in [-0.2, -0.15) is 0 Å². The van der Waals surface area contributed by atoms with Gasteiger partial charge in [-0.15, -0.1) is 0 Å². The van der Waals surface area contributed by atoms with Crippen LogP contribution in [0.3, 0.4) is 0 Å². The number of aryl methyl sites for hydroxylation is 1. The summed E-state index contributed by atoms with van der Waals surface area (Å²) in [5.41, 5.74) is 2.58. The van der Waals surface area contributed by atoms with Crippen molar-refractivity contribution in [3.8, 4) is 0 Å². The van der Waals surface area contributed by atoms with Gasteiger partial charge in [0.15, 0.2) is 6.29 Å². The molecule has 0 atom stereocenters. The van der Waals surface area contributed by atoms with E-state index >= 15 is 0 Å². The van der Waals surface area contributed by atoms with Gasteiger partial charge in [0.05, 0.1) is 17.6 Å². The summed E-state index contributed by atoms with van der Waals surface area (Å²) in [6.45, 7) is 4.32. The van der Waals surface area contributed by atoms with E-state index in [1.807, 2.05) is 0 Å². The maximum absolute atomic E-state index is 10.6. The minimum atomic E-state index is 0.0691. The van der Waals surface area contributed by atoms with E-state index in [4.69, 9.17) is 0 Å². The molecule has 0 saturated carbocycles. The van der Waals surface area contributed by atoms with E-state index in [1.54, 1.807) is 6.20 Å². The Morgan fingerprint density at radius 2 is 2.29 bits per heavy atom. The number of aromatic nitrogens is 2. The highest BCUT2D eigenvalue weighted by atomic mass is 16.1. The van der Waals surface area contributed by atoms with Gasteiger partial charge in [0.2, 0.25) is 0 Å². The van der Waals surface area contributed by atoms with Crippen molar-refractivity contribution < 1.29 is 4.79 Å². The number of fused-ring (bicyclic) bond motifs is 1. The average Bonchev–Trinajstić information content (AvgIpc) is 2.17. The predicted molar refractivity (Wildman–Crippen MR) is 53.4 cm³/mol. The molecule has 0 fully saturated rings. The molecule has 0 aromatic carbocycles. The van der Waals surface area contributed by atoms with Gasteiger partial charge in [-0.05, 0) is 19.3 Å². The normalized spacial score (nSPS) is 18.7. The van der Waals surface area contributed by atoms with Gasteiger partial charge in [0.1, 0.15) is 5.69 Å². The molecule has 3 nitrogen and oxygen atoms in total. The molecule has 1 aromatic rings. The minimum absolute atomic E-state index is 0.0691. The summed E-state index contributed by atoms with van der Waals surface area (Å²) < 4.78 is 0. The highest BCUT2D eigenvalue weighted by Gasteiger charge is 2.29. The molecular formula is C11H14N2O. The van der Waals surface area contributed by atoms with Crippen LogP contribution in [-0.2, 0) is 11.8 Å². The number of nitrogens with zero attached hydrogens (tertiary/aromatic N) is 2. The molecule has 1 aliphatic carbocycles. The Labute approximate surface area is 83.6 Å². The first-order valence-corrected chi connectivity index (χ1v) is 4.95. The van der Waals surface area contributed by atoms with Gasteiger partial charge in [-0.25, -0.2) is 4.98 Å². The summed E-state index contributed by atoms with van der Waals surface area (Å²) in [6, 6.07) is 0. The molecule has 0 bridgehead atoms. The van der Waals surface area contributed by atoms with Crippen molar-refractivity contribution >= 4 is 6.29 Å². The Bertz CT molecular complexity index is 372. The van der Waals surface area contributed by atoms with Gasteiger partial charge in [-0.3, -0.25) is 9.78 Å². The SMILES string of the molecule is CC1(C)CCCc2ncc(C=O)nc21. The lowest BCUT2D eigenvalue weighted by molar-refractivity contribution is 0.111. The summed E-state index contributed by atoms with van der Waals surface area (Å²) in [6.07, 6.45) is 5.60. The number of rotatable bonds is 1. The van der Waals surface area contributed by atoms with E-state index in [-0.39, 0.29) is 5.41 Å². The van der Waals surface area contributed by atoms with Crippen molar-refractivity contribution in [2.75, 3.05) is 0 Å². The lowest BCUT2D eigenvalue weighted by atomic mass is 9.77. The number of carbonyl (C=O) groups is 1. The van der Waals surface area contributed by atoms with Crippen LogP contribution in [0.5, 0.6) is 0 Å². The fraction of sp³-hybridized carbons (Fsp3) is 0.545. The van der Waals surface area contributed by atoms with Crippen LogP contribution in [0.4, 0.5) is 0 Å². The van der Waals surface area contributed by atoms with E-state index in [0.717, 1.165) is 36.9 Å². The Morgan fingerprint density at radius 3 is 3.00 bits per heavy atom. The number of hydrogen-bond donors (Lipinski definition) is 0. The van der Waals surface area contributed by atoms with E-state index < -0.39 is 0 Å². The van der Waals surface area contributed by atoms with Crippen molar-refractivity contribution in [2.24, 2.45) is 0 Å². The van der Waals surface area contributed by atoms with E-state index in [9.17, 15) is 4.79 Å². The minimum Gasteiger partial charge on any atom is -0.296 e. The first kappa shape index (κ1) is 9.31. The van der Waals surface area contributed by atoms with E-state index in [1.165, 1.54) is 0 Å². The molecule has 14 heavy (non-hydrogen) atoms. The number of carbonyl (C=O) groups excluding carboxylic acids is 1. The Hall–Kier alpha value is -1.25. The van der Waals surface area contributed by atoms with Crippen LogP contribution in [0.25, 0.3) is 0 Å². The molecule has 0 saturated heterocycles. The molecule has 1 heterocycles. The first-order chi connectivity index (χ1) is 6.63. The highest BCUT2D eigenvalue weighted by molar-refractivity contribution is 5.71. The van der Waals surface area contributed by atoms with Gasteiger partial charge < -0.3 is 0 Å². The molecule has 1 aliphatic rings. The topological polar surface area (TPSA) is 42.9 Å². The van der Waals surface area contributed by atoms with Crippen molar-refractivity contribution in [3.05, 3.63) is 23.3 Å². The molecule has 74 valence electrons. The third kappa shape index (κ3) is 1.43. The molecule has 0 unspecified atom stereocenters. The first-order valence-electron chi connectivity index (χ1n) is 4.95. The Kier molecular flexibility index (Phi) is 2.10. The number of aldehydes is 1. The predicted octanol–water partition coefficient (Wildman–Crippen LogP) is 1.90. The monoisotopic (exact) mass is 190 g/mol. The molecule has 0 amide bonds. The molecule has 0 N–H and O–H groups in total. The van der Waals surface area contributed by atoms with Crippen LogP contribution < -0.4 is 0 Å². The lowest BCUT2D eigenvalue weighted by Gasteiger charge is -2.30. The quantitative estimate of drug-likeness (QED) is 0.635. The van der Waals surface area contributed by atoms with E-state index in [0.29, 0.717) is 5.69 Å². The van der Waals surface area contributed by atoms with Gasteiger partial charge in [-0.1, -0.05) is 13.8 Å². The third-order valence-corrected chi connectivity index (χ3v) is 2.84. The highest BCUT2D eigenvalue weighted by Crippen LogP contribution is 2.34. The maximum atomic E-state index is 10.6. The van der Waals surface area contributed by atoms with Gasteiger partial charge in [0.25, 0.3) is 0 Å². The zero-order valence-electron chi connectivity index (χ0n) is 8.58. The van der Waals surface area contributed by atoms with Crippen molar-refractivity contribution in [3.63, 3.8) is 0 Å². The largest absolute Gasteiger partial charge is 0.296 e. The lowest BCUT2D eigenvalue weighted by Crippen LogP contribution is -2.26.